The number of amidine groups is 1. The van der Waals surface area contributed by atoms with Gasteiger partial charge in [-0.2, -0.15) is 6.57 Å². The minimum absolute atomic E-state index is 0.0510. The molecule has 1 heterocycles. The fraction of sp³-hybridized carbons (Fsp3) is 0.231. The van der Waals surface area contributed by atoms with E-state index >= 15 is 0 Å². The number of piperidine rings is 1. The minimum Gasteiger partial charge on any atom is -0.421 e. The van der Waals surface area contributed by atoms with Crippen molar-refractivity contribution >= 4 is 6.02 Å². The van der Waals surface area contributed by atoms with Gasteiger partial charge in [-0.1, -0.05) is 42.5 Å². The van der Waals surface area contributed by atoms with Gasteiger partial charge < -0.3 is 9.64 Å². The molecule has 0 saturated carbocycles. The number of rotatable bonds is 4. The van der Waals surface area contributed by atoms with Gasteiger partial charge >= 0.3 is 6.02 Å². The molecule has 0 amide bonds. The van der Waals surface area contributed by atoms with Crippen molar-refractivity contribution < 1.29 is 13.5 Å². The summed E-state index contributed by atoms with van der Waals surface area (Å²) >= 11 is 0. The third kappa shape index (κ3) is 5.12. The van der Waals surface area contributed by atoms with Gasteiger partial charge in [-0.3, -0.25) is 0 Å². The maximum Gasteiger partial charge on any atom is 0.376 e. The predicted molar refractivity (Wildman–Crippen MR) is 120 cm³/mol. The topological polar surface area (TPSA) is 29.2 Å². The largest absolute Gasteiger partial charge is 0.421 e. The highest BCUT2D eigenvalue weighted by Gasteiger charge is 2.32. The van der Waals surface area contributed by atoms with Gasteiger partial charge in [0.2, 0.25) is 0 Å². The summed E-state index contributed by atoms with van der Waals surface area (Å²) < 4.78 is 33.1. The summed E-state index contributed by atoms with van der Waals surface area (Å²) in [5.74, 6) is 0.129. The van der Waals surface area contributed by atoms with E-state index in [9.17, 15) is 8.78 Å². The first-order valence-corrected chi connectivity index (χ1v) is 10.6. The van der Waals surface area contributed by atoms with Gasteiger partial charge in [0.15, 0.2) is 0 Å². The van der Waals surface area contributed by atoms with Gasteiger partial charge in [-0.25, -0.2) is 8.78 Å². The van der Waals surface area contributed by atoms with E-state index < -0.39 is 0 Å². The Labute approximate surface area is 186 Å². The highest BCUT2D eigenvalue weighted by Crippen LogP contribution is 2.37. The van der Waals surface area contributed by atoms with Crippen LogP contribution in [0, 0.1) is 24.1 Å². The molecule has 1 unspecified atom stereocenters. The lowest BCUT2D eigenvalue weighted by molar-refractivity contribution is 0.215. The molecule has 0 bridgehead atoms. The number of hydrogen-bond donors (Lipinski definition) is 0. The second kappa shape index (κ2) is 10.1. The Kier molecular flexibility index (Phi) is 6.76. The maximum absolute atomic E-state index is 13.6. The lowest BCUT2D eigenvalue weighted by Gasteiger charge is -2.37. The molecule has 3 aromatic rings. The zero-order valence-electron chi connectivity index (χ0n) is 17.5. The fourth-order valence-corrected chi connectivity index (χ4v) is 4.32. The van der Waals surface area contributed by atoms with E-state index in [-0.39, 0.29) is 29.5 Å². The molecule has 0 N–H and O–H groups in total. The molecule has 4 nitrogen and oxygen atoms in total. The fourth-order valence-electron chi connectivity index (χ4n) is 4.32. The molecule has 4 rings (SSSR count). The Morgan fingerprint density at radius 1 is 0.938 bits per heavy atom. The SMILES string of the molecule is [C-]#[N+]/N=C(/Oc1ccccc1)N1CCCC(C(c2ccc(F)cc2)c2ccc(F)cc2)C1. The van der Waals surface area contributed by atoms with E-state index in [2.05, 4.69) is 10.1 Å². The van der Waals surface area contributed by atoms with Gasteiger partial charge in [0.05, 0.1) is 0 Å². The summed E-state index contributed by atoms with van der Waals surface area (Å²) in [5, 5.41) is 3.92. The van der Waals surface area contributed by atoms with Crippen LogP contribution < -0.4 is 4.74 Å². The first-order chi connectivity index (χ1) is 15.6. The van der Waals surface area contributed by atoms with Gasteiger partial charge in [0, 0.05) is 19.0 Å². The van der Waals surface area contributed by atoms with Crippen molar-refractivity contribution in [2.75, 3.05) is 13.1 Å². The van der Waals surface area contributed by atoms with Crippen LogP contribution >= 0.6 is 0 Å². The number of para-hydroxylation sites is 1. The molecule has 0 spiro atoms. The Balaban J connectivity index is 1.63. The van der Waals surface area contributed by atoms with Crippen molar-refractivity contribution in [2.45, 2.75) is 18.8 Å². The van der Waals surface area contributed by atoms with Crippen LogP contribution in [0.3, 0.4) is 0 Å². The van der Waals surface area contributed by atoms with Crippen molar-refractivity contribution in [2.24, 2.45) is 11.0 Å². The number of likely N-dealkylation sites (tertiary alicyclic amines) is 1. The first kappa shape index (κ1) is 21.5. The van der Waals surface area contributed by atoms with Crippen LogP contribution in [0.25, 0.3) is 4.95 Å². The number of nitrogens with zero attached hydrogens (tertiary/aromatic N) is 3. The lowest BCUT2D eigenvalue weighted by atomic mass is 9.77. The van der Waals surface area contributed by atoms with Gasteiger partial charge in [0.1, 0.15) is 22.5 Å². The molecular formula is C26H23F2N3O. The van der Waals surface area contributed by atoms with Crippen LogP contribution in [-0.4, -0.2) is 24.0 Å². The van der Waals surface area contributed by atoms with Crippen molar-refractivity contribution in [3.8, 4) is 5.75 Å². The third-order valence-electron chi connectivity index (χ3n) is 5.75. The average molecular weight is 431 g/mol. The number of ether oxygens (including phenoxy) is 1. The molecule has 1 fully saturated rings. The molecular weight excluding hydrogens is 408 g/mol. The molecule has 3 aromatic carbocycles. The van der Waals surface area contributed by atoms with Crippen molar-refractivity contribution in [1.82, 2.24) is 4.90 Å². The Hall–Kier alpha value is -3.72. The van der Waals surface area contributed by atoms with Crippen molar-refractivity contribution in [3.63, 3.8) is 0 Å². The summed E-state index contributed by atoms with van der Waals surface area (Å²) in [6.45, 7) is 8.55. The highest BCUT2D eigenvalue weighted by atomic mass is 19.1. The number of halogens is 2. The summed E-state index contributed by atoms with van der Waals surface area (Å²) in [6.07, 6.45) is 1.82. The lowest BCUT2D eigenvalue weighted by Crippen LogP contribution is -2.44. The Morgan fingerprint density at radius 2 is 1.53 bits per heavy atom. The quantitative estimate of drug-likeness (QED) is 0.217. The average Bonchev–Trinajstić information content (AvgIpc) is 2.82. The molecule has 1 aliphatic rings. The predicted octanol–water partition coefficient (Wildman–Crippen LogP) is 6.08. The minimum atomic E-state index is -0.292. The molecule has 162 valence electrons. The Morgan fingerprint density at radius 3 is 2.09 bits per heavy atom. The summed E-state index contributed by atoms with van der Waals surface area (Å²) in [5.41, 5.74) is 1.94. The van der Waals surface area contributed by atoms with E-state index in [1.807, 2.05) is 35.2 Å². The zero-order valence-corrected chi connectivity index (χ0v) is 17.5. The van der Waals surface area contributed by atoms with Crippen LogP contribution in [0.2, 0.25) is 0 Å². The van der Waals surface area contributed by atoms with E-state index in [1.54, 1.807) is 24.3 Å². The van der Waals surface area contributed by atoms with Crippen molar-refractivity contribution in [1.29, 1.82) is 0 Å². The van der Waals surface area contributed by atoms with E-state index in [0.717, 1.165) is 30.5 Å². The maximum atomic E-state index is 13.6. The van der Waals surface area contributed by atoms with Gasteiger partial charge in [-0.15, -0.1) is 4.95 Å². The summed E-state index contributed by atoms with van der Waals surface area (Å²) in [7, 11) is 0. The van der Waals surface area contributed by atoms with Gasteiger partial charge in [0.25, 0.3) is 0 Å². The van der Waals surface area contributed by atoms with E-state index in [1.165, 1.54) is 24.3 Å². The first-order valence-electron chi connectivity index (χ1n) is 10.6. The van der Waals surface area contributed by atoms with Crippen molar-refractivity contribution in [3.05, 3.63) is 113 Å². The summed E-state index contributed by atoms with van der Waals surface area (Å²) in [4.78, 5) is 5.19. The molecule has 0 radical (unpaired) electrons. The second-order valence-corrected chi connectivity index (χ2v) is 7.83. The molecule has 1 aliphatic heterocycles. The molecule has 6 heteroatoms. The van der Waals surface area contributed by atoms with E-state index in [0.29, 0.717) is 12.3 Å². The molecule has 32 heavy (non-hydrogen) atoms. The Bertz CT molecular complexity index is 1050. The standard InChI is InChI=1S/C26H23F2N3O/c1-29-30-26(32-24-7-3-2-4-8-24)31-17-5-6-21(18-31)25(19-9-13-22(27)14-10-19)20-11-15-23(28)16-12-20/h2-4,7-16,21,25H,5-6,17-18H2/b30-26+. The zero-order chi connectivity index (χ0) is 22.3. The van der Waals surface area contributed by atoms with Crippen LogP contribution in [0.1, 0.15) is 29.9 Å². The van der Waals surface area contributed by atoms with Crippen LogP contribution in [0.15, 0.2) is 84.0 Å². The second-order valence-electron chi connectivity index (χ2n) is 7.83. The van der Waals surface area contributed by atoms with E-state index in [4.69, 9.17) is 11.3 Å². The summed E-state index contributed by atoms with van der Waals surface area (Å²) in [6, 6.07) is 22.5. The molecule has 1 atom stereocenters. The van der Waals surface area contributed by atoms with Crippen LogP contribution in [0.5, 0.6) is 5.75 Å². The molecule has 1 saturated heterocycles. The van der Waals surface area contributed by atoms with Crippen LogP contribution in [-0.2, 0) is 0 Å². The normalized spacial score (nSPS) is 16.6. The number of benzene rings is 3. The third-order valence-corrected chi connectivity index (χ3v) is 5.75. The molecule has 0 aliphatic carbocycles. The smallest absolute Gasteiger partial charge is 0.376 e. The molecule has 0 aromatic heterocycles. The number of hydrogen-bond acceptors (Lipinski definition) is 2. The highest BCUT2D eigenvalue weighted by molar-refractivity contribution is 5.77. The monoisotopic (exact) mass is 431 g/mol. The van der Waals surface area contributed by atoms with Gasteiger partial charge in [-0.05, 0) is 66.3 Å². The van der Waals surface area contributed by atoms with Crippen LogP contribution in [0.4, 0.5) is 8.78 Å².